The second-order valence-electron chi connectivity index (χ2n) is 7.98. The second kappa shape index (κ2) is 6.04. The minimum Gasteiger partial charge on any atom is -0.399 e. The zero-order valence-electron chi connectivity index (χ0n) is 15.9. The molecule has 1 N–H and O–H groups in total. The lowest BCUT2D eigenvalue weighted by Crippen LogP contribution is -2.50. The van der Waals surface area contributed by atoms with Crippen molar-refractivity contribution in [1.29, 1.82) is 0 Å². The molecule has 2 aromatic rings. The topological polar surface area (TPSA) is 80.8 Å². The van der Waals surface area contributed by atoms with E-state index in [4.69, 9.17) is 9.31 Å². The van der Waals surface area contributed by atoms with Gasteiger partial charge in [0.15, 0.2) is 0 Å². The molecule has 0 spiro atoms. The number of carbonyl (C=O) groups excluding carboxylic acids is 2. The van der Waals surface area contributed by atoms with Crippen LogP contribution in [0.4, 0.5) is 10.5 Å². The predicted molar refractivity (Wildman–Crippen MR) is 103 cm³/mol. The van der Waals surface area contributed by atoms with Gasteiger partial charge in [-0.1, -0.05) is 6.07 Å². The van der Waals surface area contributed by atoms with Crippen LogP contribution in [0.25, 0.3) is 10.8 Å². The highest BCUT2D eigenvalue weighted by atomic mass is 16.7. The first kappa shape index (κ1) is 17.9. The monoisotopic (exact) mass is 367 g/mol. The van der Waals surface area contributed by atoms with Gasteiger partial charge in [-0.15, -0.1) is 0 Å². The fourth-order valence-electron chi connectivity index (χ4n) is 3.33. The number of carbonyl (C=O) groups is 2. The molecule has 0 bridgehead atoms. The summed E-state index contributed by atoms with van der Waals surface area (Å²) in [4.78, 5) is 29.7. The van der Waals surface area contributed by atoms with Crippen LogP contribution in [0.5, 0.6) is 0 Å². The molecular weight excluding hydrogens is 345 g/mol. The van der Waals surface area contributed by atoms with Gasteiger partial charge < -0.3 is 9.31 Å². The highest BCUT2D eigenvalue weighted by molar-refractivity contribution is 6.62. The molecule has 3 amide bonds. The Morgan fingerprint density at radius 1 is 1.15 bits per heavy atom. The van der Waals surface area contributed by atoms with Crippen molar-refractivity contribution in [2.24, 2.45) is 0 Å². The van der Waals surface area contributed by atoms with E-state index in [-0.39, 0.29) is 12.3 Å². The summed E-state index contributed by atoms with van der Waals surface area (Å²) in [6.45, 7) is 8.33. The van der Waals surface area contributed by atoms with Crippen LogP contribution >= 0.6 is 0 Å². The average molecular weight is 367 g/mol. The normalized spacial score (nSPS) is 21.6. The number of pyridine rings is 1. The third-order valence-electron chi connectivity index (χ3n) is 5.63. The molecule has 2 fully saturated rings. The Balaban J connectivity index is 1.80. The van der Waals surface area contributed by atoms with Crippen LogP contribution in [0.3, 0.4) is 0 Å². The zero-order chi connectivity index (χ0) is 19.4. The van der Waals surface area contributed by atoms with Gasteiger partial charge in [0.1, 0.15) is 0 Å². The van der Waals surface area contributed by atoms with E-state index < -0.39 is 24.4 Å². The molecule has 0 radical (unpaired) electrons. The van der Waals surface area contributed by atoms with Crippen molar-refractivity contribution in [3.05, 3.63) is 30.6 Å². The molecule has 140 valence electrons. The van der Waals surface area contributed by atoms with Gasteiger partial charge in [-0.05, 0) is 50.7 Å². The fourth-order valence-corrected chi connectivity index (χ4v) is 3.33. The Morgan fingerprint density at radius 2 is 1.85 bits per heavy atom. The summed E-state index contributed by atoms with van der Waals surface area (Å²) >= 11 is 0. The lowest BCUT2D eigenvalue weighted by Gasteiger charge is -2.32. The number of hydrogen-bond donors (Lipinski definition) is 1. The minimum absolute atomic E-state index is 0.258. The van der Waals surface area contributed by atoms with Crippen molar-refractivity contribution in [3.63, 3.8) is 0 Å². The maximum Gasteiger partial charge on any atom is 0.494 e. The van der Waals surface area contributed by atoms with E-state index in [1.807, 2.05) is 45.9 Å². The molecular formula is C19H22BN3O4. The standard InChI is InChI=1S/C19H22BN3O4/c1-18(2)19(3,4)27-20(26-18)13-9-12-5-7-21-11-14(12)15(10-13)23-8-6-16(24)22-17(23)25/h5,7,9-11H,6,8H2,1-4H3,(H,22,24,25). The van der Waals surface area contributed by atoms with E-state index in [0.29, 0.717) is 12.2 Å². The van der Waals surface area contributed by atoms with Crippen LogP contribution in [0, 0.1) is 0 Å². The highest BCUT2D eigenvalue weighted by Gasteiger charge is 2.51. The van der Waals surface area contributed by atoms with Gasteiger partial charge in [-0.2, -0.15) is 0 Å². The quantitative estimate of drug-likeness (QED) is 0.821. The fraction of sp³-hybridized carbons (Fsp3) is 0.421. The summed E-state index contributed by atoms with van der Waals surface area (Å²) in [6, 6.07) is 5.35. The van der Waals surface area contributed by atoms with Crippen LogP contribution in [0.1, 0.15) is 34.1 Å². The van der Waals surface area contributed by atoms with Crippen LogP contribution in [-0.2, 0) is 14.1 Å². The number of benzene rings is 1. The number of urea groups is 1. The van der Waals surface area contributed by atoms with E-state index in [9.17, 15) is 9.59 Å². The molecule has 4 rings (SSSR count). The van der Waals surface area contributed by atoms with Gasteiger partial charge in [0.25, 0.3) is 0 Å². The minimum atomic E-state index is -0.541. The summed E-state index contributed by atoms with van der Waals surface area (Å²) in [5.41, 5.74) is 0.599. The Labute approximate surface area is 158 Å². The largest absolute Gasteiger partial charge is 0.494 e. The number of aromatic nitrogens is 1. The molecule has 2 saturated heterocycles. The number of fused-ring (bicyclic) bond motifs is 1. The number of amides is 3. The van der Waals surface area contributed by atoms with Gasteiger partial charge in [-0.25, -0.2) is 4.79 Å². The lowest BCUT2D eigenvalue weighted by atomic mass is 9.77. The second-order valence-corrected chi connectivity index (χ2v) is 7.98. The summed E-state index contributed by atoms with van der Waals surface area (Å²) in [7, 11) is -0.541. The van der Waals surface area contributed by atoms with E-state index in [1.54, 1.807) is 17.3 Å². The smallest absolute Gasteiger partial charge is 0.399 e. The molecule has 1 aromatic heterocycles. The first-order valence-corrected chi connectivity index (χ1v) is 9.03. The van der Waals surface area contributed by atoms with Crippen molar-refractivity contribution in [2.45, 2.75) is 45.3 Å². The van der Waals surface area contributed by atoms with Gasteiger partial charge in [-0.3, -0.25) is 20.0 Å². The van der Waals surface area contributed by atoms with Crippen molar-refractivity contribution in [1.82, 2.24) is 10.3 Å². The van der Waals surface area contributed by atoms with Crippen molar-refractivity contribution in [2.75, 3.05) is 11.4 Å². The van der Waals surface area contributed by atoms with Crippen LogP contribution in [0.2, 0.25) is 0 Å². The third-order valence-corrected chi connectivity index (χ3v) is 5.63. The summed E-state index contributed by atoms with van der Waals surface area (Å²) in [5, 5.41) is 4.14. The van der Waals surface area contributed by atoms with E-state index in [1.165, 1.54) is 0 Å². The Morgan fingerprint density at radius 3 is 2.52 bits per heavy atom. The van der Waals surface area contributed by atoms with Gasteiger partial charge in [0.2, 0.25) is 5.91 Å². The molecule has 2 aliphatic rings. The first-order valence-electron chi connectivity index (χ1n) is 9.03. The SMILES string of the molecule is CC1(C)OB(c2cc(N3CCC(=O)NC3=O)c3cnccc3c2)OC1(C)C. The third kappa shape index (κ3) is 2.98. The number of hydrogen-bond acceptors (Lipinski definition) is 5. The van der Waals surface area contributed by atoms with E-state index in [2.05, 4.69) is 10.3 Å². The summed E-state index contributed by atoms with van der Waals surface area (Å²) < 4.78 is 12.3. The molecule has 0 atom stereocenters. The van der Waals surface area contributed by atoms with Gasteiger partial charge in [0.05, 0.1) is 16.9 Å². The zero-order valence-corrected chi connectivity index (χ0v) is 15.9. The van der Waals surface area contributed by atoms with Crippen LogP contribution < -0.4 is 15.7 Å². The number of imide groups is 1. The Hall–Kier alpha value is -2.45. The summed E-state index contributed by atoms with van der Waals surface area (Å²) in [5.74, 6) is -0.263. The molecule has 0 saturated carbocycles. The molecule has 7 nitrogen and oxygen atoms in total. The molecule has 3 heterocycles. The molecule has 8 heteroatoms. The van der Waals surface area contributed by atoms with E-state index in [0.717, 1.165) is 16.2 Å². The number of anilines is 1. The number of nitrogens with zero attached hydrogens (tertiary/aromatic N) is 2. The predicted octanol–water partition coefficient (Wildman–Crippen LogP) is 1.98. The Bertz CT molecular complexity index is 928. The summed E-state index contributed by atoms with van der Waals surface area (Å²) in [6.07, 6.45) is 3.69. The maximum absolute atomic E-state index is 12.4. The molecule has 0 unspecified atom stereocenters. The lowest BCUT2D eigenvalue weighted by molar-refractivity contribution is -0.120. The van der Waals surface area contributed by atoms with Crippen LogP contribution in [0.15, 0.2) is 30.6 Å². The van der Waals surface area contributed by atoms with Gasteiger partial charge >= 0.3 is 13.1 Å². The molecule has 27 heavy (non-hydrogen) atoms. The van der Waals surface area contributed by atoms with Gasteiger partial charge in [0, 0.05) is 30.7 Å². The molecule has 0 aliphatic carbocycles. The Kier molecular flexibility index (Phi) is 4.01. The number of rotatable bonds is 2. The number of nitrogens with one attached hydrogen (secondary N) is 1. The highest BCUT2D eigenvalue weighted by Crippen LogP contribution is 2.37. The van der Waals surface area contributed by atoms with Crippen molar-refractivity contribution < 1.29 is 18.9 Å². The molecule has 1 aromatic carbocycles. The van der Waals surface area contributed by atoms with Crippen molar-refractivity contribution >= 4 is 41.0 Å². The first-order chi connectivity index (χ1) is 12.7. The van der Waals surface area contributed by atoms with Crippen molar-refractivity contribution in [3.8, 4) is 0 Å². The average Bonchev–Trinajstić information content (AvgIpc) is 2.82. The molecule has 2 aliphatic heterocycles. The van der Waals surface area contributed by atoms with E-state index >= 15 is 0 Å². The van der Waals surface area contributed by atoms with Crippen LogP contribution in [-0.4, -0.2) is 41.8 Å². The maximum atomic E-state index is 12.4.